The second kappa shape index (κ2) is 5.98. The predicted octanol–water partition coefficient (Wildman–Crippen LogP) is 1.45. The molecule has 0 heterocycles. The minimum absolute atomic E-state index is 0.0596. The molecule has 1 atom stereocenters. The molecule has 0 aromatic heterocycles. The molecule has 0 fully saturated rings. The van der Waals surface area contributed by atoms with Crippen LogP contribution in [0.4, 0.5) is 4.39 Å². The Labute approximate surface area is 116 Å². The number of sulfonamides is 1. The van der Waals surface area contributed by atoms with Crippen LogP contribution in [0.5, 0.6) is 0 Å². The summed E-state index contributed by atoms with van der Waals surface area (Å²) in [6.07, 6.45) is -0.0596. The lowest BCUT2D eigenvalue weighted by Gasteiger charge is -2.22. The van der Waals surface area contributed by atoms with Gasteiger partial charge in [0, 0.05) is 13.1 Å². The second-order valence-corrected chi connectivity index (χ2v) is 6.15. The number of carbonyl (C=O) groups is 1. The van der Waals surface area contributed by atoms with Crippen LogP contribution in [0.3, 0.4) is 0 Å². The van der Waals surface area contributed by atoms with Crippen LogP contribution in [0.1, 0.15) is 23.7 Å². The van der Waals surface area contributed by atoms with Crippen LogP contribution in [-0.4, -0.2) is 36.9 Å². The highest BCUT2D eigenvalue weighted by molar-refractivity contribution is 7.89. The van der Waals surface area contributed by atoms with Crippen molar-refractivity contribution in [3.05, 3.63) is 29.6 Å². The smallest absolute Gasteiger partial charge is 0.335 e. The Hall–Kier alpha value is -1.98. The molecule has 0 bridgehead atoms. The number of aromatic carboxylic acids is 1. The van der Waals surface area contributed by atoms with Crippen molar-refractivity contribution < 1.29 is 22.7 Å². The molecule has 0 saturated heterocycles. The third kappa shape index (κ3) is 3.12. The van der Waals surface area contributed by atoms with Gasteiger partial charge in [-0.3, -0.25) is 0 Å². The van der Waals surface area contributed by atoms with Crippen molar-refractivity contribution in [3.8, 4) is 6.07 Å². The third-order valence-corrected chi connectivity index (χ3v) is 4.83. The number of nitrogens with zero attached hydrogens (tertiary/aromatic N) is 2. The molecule has 0 aliphatic carbocycles. The molecule has 1 N–H and O–H groups in total. The number of carboxylic acid groups (broad SMARTS) is 1. The van der Waals surface area contributed by atoms with Gasteiger partial charge in [-0.2, -0.15) is 9.57 Å². The lowest BCUT2D eigenvalue weighted by atomic mass is 10.2. The predicted molar refractivity (Wildman–Crippen MR) is 68.0 cm³/mol. The number of carboxylic acids is 1. The van der Waals surface area contributed by atoms with Gasteiger partial charge < -0.3 is 5.11 Å². The average Bonchev–Trinajstić information content (AvgIpc) is 2.37. The monoisotopic (exact) mass is 300 g/mol. The summed E-state index contributed by atoms with van der Waals surface area (Å²) in [5, 5.41) is 17.4. The lowest BCUT2D eigenvalue weighted by Crippen LogP contribution is -2.35. The van der Waals surface area contributed by atoms with Crippen LogP contribution in [0.2, 0.25) is 0 Å². The summed E-state index contributed by atoms with van der Waals surface area (Å²) in [5.41, 5.74) is -0.327. The zero-order valence-electron chi connectivity index (χ0n) is 10.9. The van der Waals surface area contributed by atoms with E-state index in [0.717, 1.165) is 22.5 Å². The maximum absolute atomic E-state index is 13.7. The molecular weight excluding hydrogens is 287 g/mol. The van der Waals surface area contributed by atoms with Gasteiger partial charge in [0.05, 0.1) is 18.1 Å². The molecule has 6 nitrogen and oxygen atoms in total. The van der Waals surface area contributed by atoms with E-state index in [1.807, 2.05) is 6.07 Å². The molecule has 1 rings (SSSR count). The van der Waals surface area contributed by atoms with Gasteiger partial charge in [0.15, 0.2) is 0 Å². The number of halogens is 1. The van der Waals surface area contributed by atoms with Crippen molar-refractivity contribution in [1.29, 1.82) is 5.26 Å². The highest BCUT2D eigenvalue weighted by atomic mass is 32.2. The summed E-state index contributed by atoms with van der Waals surface area (Å²) < 4.78 is 39.0. The second-order valence-electron chi connectivity index (χ2n) is 4.18. The van der Waals surface area contributed by atoms with Crippen LogP contribution < -0.4 is 0 Å². The van der Waals surface area contributed by atoms with Gasteiger partial charge in [0.25, 0.3) is 0 Å². The molecule has 0 amide bonds. The molecule has 108 valence electrons. The van der Waals surface area contributed by atoms with Gasteiger partial charge in [0.1, 0.15) is 10.7 Å². The van der Waals surface area contributed by atoms with Crippen LogP contribution in [0.15, 0.2) is 23.1 Å². The molecule has 1 aromatic rings. The van der Waals surface area contributed by atoms with E-state index in [1.54, 1.807) is 0 Å². The van der Waals surface area contributed by atoms with E-state index in [9.17, 15) is 17.6 Å². The summed E-state index contributed by atoms with van der Waals surface area (Å²) in [4.78, 5) is 10.1. The van der Waals surface area contributed by atoms with E-state index < -0.39 is 32.7 Å². The summed E-state index contributed by atoms with van der Waals surface area (Å²) in [5.74, 6) is -2.39. The highest BCUT2D eigenvalue weighted by Gasteiger charge is 2.28. The van der Waals surface area contributed by atoms with Crippen LogP contribution in [0.25, 0.3) is 0 Å². The van der Waals surface area contributed by atoms with Gasteiger partial charge in [-0.25, -0.2) is 17.6 Å². The number of rotatable bonds is 5. The van der Waals surface area contributed by atoms with Crippen molar-refractivity contribution in [2.24, 2.45) is 0 Å². The van der Waals surface area contributed by atoms with Crippen molar-refractivity contribution >= 4 is 16.0 Å². The first-order chi connectivity index (χ1) is 9.21. The maximum Gasteiger partial charge on any atom is 0.335 e. The molecule has 0 radical (unpaired) electrons. The van der Waals surface area contributed by atoms with E-state index >= 15 is 0 Å². The molecule has 0 saturated carbocycles. The lowest BCUT2D eigenvalue weighted by molar-refractivity contribution is 0.0696. The van der Waals surface area contributed by atoms with E-state index in [-0.39, 0.29) is 12.0 Å². The Kier molecular flexibility index (Phi) is 4.81. The van der Waals surface area contributed by atoms with Crippen molar-refractivity contribution in [2.45, 2.75) is 24.3 Å². The fourth-order valence-corrected chi connectivity index (χ4v) is 2.94. The minimum atomic E-state index is -4.20. The fourth-order valence-electron chi connectivity index (χ4n) is 1.49. The number of hydrogen-bond acceptors (Lipinski definition) is 4. The first-order valence-corrected chi connectivity index (χ1v) is 7.03. The minimum Gasteiger partial charge on any atom is -0.478 e. The molecule has 1 aromatic carbocycles. The third-order valence-electron chi connectivity index (χ3n) is 2.84. The van der Waals surface area contributed by atoms with Gasteiger partial charge in [-0.05, 0) is 25.1 Å². The molecule has 1 unspecified atom stereocenters. The number of hydrogen-bond donors (Lipinski definition) is 1. The van der Waals surface area contributed by atoms with Gasteiger partial charge in [-0.15, -0.1) is 0 Å². The van der Waals surface area contributed by atoms with Crippen molar-refractivity contribution in [2.75, 3.05) is 7.05 Å². The highest BCUT2D eigenvalue weighted by Crippen LogP contribution is 2.22. The van der Waals surface area contributed by atoms with Gasteiger partial charge in [0.2, 0.25) is 10.0 Å². The van der Waals surface area contributed by atoms with Gasteiger partial charge in [-0.1, -0.05) is 0 Å². The van der Waals surface area contributed by atoms with Crippen LogP contribution in [-0.2, 0) is 10.0 Å². The quantitative estimate of drug-likeness (QED) is 0.887. The first kappa shape index (κ1) is 16.1. The topological polar surface area (TPSA) is 98.5 Å². The Bertz CT molecular complexity index is 667. The van der Waals surface area contributed by atoms with E-state index in [1.165, 1.54) is 14.0 Å². The summed E-state index contributed by atoms with van der Waals surface area (Å²) in [6, 6.07) is 3.71. The summed E-state index contributed by atoms with van der Waals surface area (Å²) in [7, 11) is -2.99. The van der Waals surface area contributed by atoms with Crippen LogP contribution in [0, 0.1) is 17.1 Å². The van der Waals surface area contributed by atoms with Crippen LogP contribution >= 0.6 is 0 Å². The Morgan fingerprint density at radius 2 is 2.15 bits per heavy atom. The Morgan fingerprint density at radius 3 is 2.65 bits per heavy atom. The zero-order valence-corrected chi connectivity index (χ0v) is 11.7. The van der Waals surface area contributed by atoms with E-state index in [0.29, 0.717) is 0 Å². The molecule has 0 spiro atoms. The normalized spacial score (nSPS) is 12.9. The van der Waals surface area contributed by atoms with E-state index in [4.69, 9.17) is 10.4 Å². The molecular formula is C12H13FN2O4S. The average molecular weight is 300 g/mol. The molecule has 0 aliphatic heterocycles. The number of benzene rings is 1. The standard InChI is InChI=1S/C12H13FN2O4S/c1-8(5-6-14)15(2)20(18,19)11-7-9(12(16)17)3-4-10(11)13/h3-4,7-8H,5H2,1-2H3,(H,16,17). The number of nitriles is 1. The van der Waals surface area contributed by atoms with E-state index in [2.05, 4.69) is 0 Å². The largest absolute Gasteiger partial charge is 0.478 e. The summed E-state index contributed by atoms with van der Waals surface area (Å²) in [6.45, 7) is 1.50. The SMILES string of the molecule is CC(CC#N)N(C)S(=O)(=O)c1cc(C(=O)O)ccc1F. The Balaban J connectivity index is 3.32. The van der Waals surface area contributed by atoms with Gasteiger partial charge >= 0.3 is 5.97 Å². The van der Waals surface area contributed by atoms with Crippen molar-refractivity contribution in [1.82, 2.24) is 4.31 Å². The molecule has 8 heteroatoms. The zero-order chi connectivity index (χ0) is 15.5. The summed E-state index contributed by atoms with van der Waals surface area (Å²) >= 11 is 0. The van der Waals surface area contributed by atoms with Crippen molar-refractivity contribution in [3.63, 3.8) is 0 Å². The Morgan fingerprint density at radius 1 is 1.55 bits per heavy atom. The first-order valence-electron chi connectivity index (χ1n) is 5.59. The maximum atomic E-state index is 13.7. The fraction of sp³-hybridized carbons (Fsp3) is 0.333. The molecule has 0 aliphatic rings. The molecule has 20 heavy (non-hydrogen) atoms.